The Morgan fingerprint density at radius 2 is 2.20 bits per heavy atom. The SMILES string of the molecule is COC(=O)c1ccc(N=[N+]=[N-])c(OC)c1. The summed E-state index contributed by atoms with van der Waals surface area (Å²) in [6.45, 7) is 0. The van der Waals surface area contributed by atoms with Crippen LogP contribution in [0.2, 0.25) is 0 Å². The third kappa shape index (κ3) is 2.38. The first kappa shape index (κ1) is 10.9. The Labute approximate surface area is 86.0 Å². The van der Waals surface area contributed by atoms with Crippen LogP contribution in [0.5, 0.6) is 5.75 Å². The molecule has 0 unspecified atom stereocenters. The van der Waals surface area contributed by atoms with Crippen LogP contribution in [-0.2, 0) is 4.74 Å². The van der Waals surface area contributed by atoms with E-state index in [0.717, 1.165) is 0 Å². The normalized spacial score (nSPS) is 8.93. The molecule has 0 saturated heterocycles. The van der Waals surface area contributed by atoms with E-state index in [2.05, 4.69) is 14.8 Å². The summed E-state index contributed by atoms with van der Waals surface area (Å²) in [5, 5.41) is 3.41. The zero-order valence-corrected chi connectivity index (χ0v) is 8.30. The topological polar surface area (TPSA) is 84.3 Å². The van der Waals surface area contributed by atoms with E-state index < -0.39 is 5.97 Å². The third-order valence-electron chi connectivity index (χ3n) is 1.75. The molecule has 0 spiro atoms. The standard InChI is InChI=1S/C9H9N3O3/c1-14-8-5-6(9(13)15-2)3-4-7(8)11-12-10/h3-5H,1-2H3. The minimum Gasteiger partial charge on any atom is -0.496 e. The lowest BCUT2D eigenvalue weighted by molar-refractivity contribution is 0.0600. The average Bonchev–Trinajstić information content (AvgIpc) is 2.29. The molecule has 0 fully saturated rings. The van der Waals surface area contributed by atoms with Crippen LogP contribution in [0, 0.1) is 0 Å². The second-order valence-electron chi connectivity index (χ2n) is 2.57. The predicted octanol–water partition coefficient (Wildman–Crippen LogP) is 2.42. The van der Waals surface area contributed by atoms with Gasteiger partial charge in [-0.3, -0.25) is 0 Å². The summed E-state index contributed by atoms with van der Waals surface area (Å²) in [4.78, 5) is 13.8. The number of benzene rings is 1. The Bertz CT molecular complexity index is 425. The highest BCUT2D eigenvalue weighted by atomic mass is 16.5. The van der Waals surface area contributed by atoms with Crippen LogP contribution in [-0.4, -0.2) is 20.2 Å². The Balaban J connectivity index is 3.18. The van der Waals surface area contributed by atoms with Crippen LogP contribution >= 0.6 is 0 Å². The van der Waals surface area contributed by atoms with E-state index in [1.54, 1.807) is 0 Å². The van der Waals surface area contributed by atoms with Crippen LogP contribution in [0.4, 0.5) is 5.69 Å². The summed E-state index contributed by atoms with van der Waals surface area (Å²) in [6.07, 6.45) is 0. The zero-order chi connectivity index (χ0) is 11.3. The van der Waals surface area contributed by atoms with Crippen LogP contribution < -0.4 is 4.74 Å². The smallest absolute Gasteiger partial charge is 0.337 e. The molecule has 6 nitrogen and oxygen atoms in total. The third-order valence-corrected chi connectivity index (χ3v) is 1.75. The van der Waals surface area contributed by atoms with Crippen molar-refractivity contribution in [2.24, 2.45) is 5.11 Å². The van der Waals surface area contributed by atoms with Crippen molar-refractivity contribution < 1.29 is 14.3 Å². The summed E-state index contributed by atoms with van der Waals surface area (Å²) in [6, 6.07) is 4.44. The van der Waals surface area contributed by atoms with E-state index in [0.29, 0.717) is 17.0 Å². The Kier molecular flexibility index (Phi) is 3.54. The van der Waals surface area contributed by atoms with Crippen molar-refractivity contribution >= 4 is 11.7 Å². The lowest BCUT2D eigenvalue weighted by atomic mass is 10.2. The number of azide groups is 1. The van der Waals surface area contributed by atoms with E-state index in [9.17, 15) is 4.79 Å². The largest absolute Gasteiger partial charge is 0.496 e. The highest BCUT2D eigenvalue weighted by Gasteiger charge is 2.08. The van der Waals surface area contributed by atoms with Crippen LogP contribution in [0.1, 0.15) is 10.4 Å². The Morgan fingerprint density at radius 3 is 2.73 bits per heavy atom. The van der Waals surface area contributed by atoms with Crippen molar-refractivity contribution in [3.63, 3.8) is 0 Å². The molecule has 0 aliphatic rings. The van der Waals surface area contributed by atoms with Crippen molar-refractivity contribution in [3.8, 4) is 5.75 Å². The number of methoxy groups -OCH3 is 2. The van der Waals surface area contributed by atoms with Crippen molar-refractivity contribution in [2.75, 3.05) is 14.2 Å². The number of ether oxygens (including phenoxy) is 2. The number of nitrogens with zero attached hydrogens (tertiary/aromatic N) is 3. The molecule has 1 rings (SSSR count). The van der Waals surface area contributed by atoms with Gasteiger partial charge in [-0.05, 0) is 23.7 Å². The first-order valence-electron chi connectivity index (χ1n) is 4.04. The molecule has 0 aliphatic carbocycles. The molecule has 0 radical (unpaired) electrons. The Hall–Kier alpha value is -2.20. The predicted molar refractivity (Wildman–Crippen MR) is 53.1 cm³/mol. The van der Waals surface area contributed by atoms with Crippen molar-refractivity contribution in [3.05, 3.63) is 34.2 Å². The summed E-state index contributed by atoms with van der Waals surface area (Å²) < 4.78 is 9.50. The molecule has 0 heterocycles. The molecule has 6 heteroatoms. The fraction of sp³-hybridized carbons (Fsp3) is 0.222. The molecule has 0 bridgehead atoms. The van der Waals surface area contributed by atoms with Crippen LogP contribution in [0.3, 0.4) is 0 Å². The van der Waals surface area contributed by atoms with E-state index in [1.807, 2.05) is 0 Å². The maximum absolute atomic E-state index is 11.2. The van der Waals surface area contributed by atoms with Gasteiger partial charge in [0.15, 0.2) is 0 Å². The number of hydrogen-bond donors (Lipinski definition) is 0. The van der Waals surface area contributed by atoms with E-state index in [-0.39, 0.29) is 0 Å². The minimum absolute atomic E-state index is 0.327. The van der Waals surface area contributed by atoms with Gasteiger partial charge in [0.2, 0.25) is 0 Å². The molecule has 1 aromatic rings. The molecule has 0 atom stereocenters. The fourth-order valence-electron chi connectivity index (χ4n) is 1.05. The van der Waals surface area contributed by atoms with Gasteiger partial charge < -0.3 is 9.47 Å². The molecular weight excluding hydrogens is 198 g/mol. The number of hydrogen-bond acceptors (Lipinski definition) is 4. The van der Waals surface area contributed by atoms with Crippen LogP contribution in [0.15, 0.2) is 23.3 Å². The van der Waals surface area contributed by atoms with E-state index in [1.165, 1.54) is 32.4 Å². The first-order valence-corrected chi connectivity index (χ1v) is 4.04. The molecule has 0 saturated carbocycles. The summed E-state index contributed by atoms with van der Waals surface area (Å²) >= 11 is 0. The highest BCUT2D eigenvalue weighted by molar-refractivity contribution is 5.90. The molecule has 0 N–H and O–H groups in total. The molecule has 0 aliphatic heterocycles. The van der Waals surface area contributed by atoms with Gasteiger partial charge in [0.1, 0.15) is 5.75 Å². The maximum atomic E-state index is 11.2. The van der Waals surface area contributed by atoms with Gasteiger partial charge in [0, 0.05) is 4.91 Å². The number of carbonyl (C=O) groups is 1. The van der Waals surface area contributed by atoms with Crippen molar-refractivity contribution in [2.45, 2.75) is 0 Å². The zero-order valence-electron chi connectivity index (χ0n) is 8.30. The maximum Gasteiger partial charge on any atom is 0.337 e. The molecular formula is C9H9N3O3. The van der Waals surface area contributed by atoms with Crippen LogP contribution in [0.25, 0.3) is 10.4 Å². The second-order valence-corrected chi connectivity index (χ2v) is 2.57. The minimum atomic E-state index is -0.471. The fourth-order valence-corrected chi connectivity index (χ4v) is 1.05. The van der Waals surface area contributed by atoms with Gasteiger partial charge >= 0.3 is 5.97 Å². The second kappa shape index (κ2) is 4.88. The number of rotatable bonds is 3. The van der Waals surface area contributed by atoms with Gasteiger partial charge in [0.05, 0.1) is 25.5 Å². The molecule has 78 valence electrons. The summed E-state index contributed by atoms with van der Waals surface area (Å²) in [5.41, 5.74) is 8.94. The van der Waals surface area contributed by atoms with Gasteiger partial charge in [0.25, 0.3) is 0 Å². The summed E-state index contributed by atoms with van der Waals surface area (Å²) in [5.74, 6) is -0.142. The average molecular weight is 207 g/mol. The van der Waals surface area contributed by atoms with Crippen molar-refractivity contribution in [1.29, 1.82) is 0 Å². The molecule has 0 amide bonds. The molecule has 1 aromatic carbocycles. The quantitative estimate of drug-likeness (QED) is 0.330. The van der Waals surface area contributed by atoms with Gasteiger partial charge in [-0.15, -0.1) is 0 Å². The lowest BCUT2D eigenvalue weighted by Gasteiger charge is -2.05. The van der Waals surface area contributed by atoms with Crippen molar-refractivity contribution in [1.82, 2.24) is 0 Å². The molecule has 0 aromatic heterocycles. The Morgan fingerprint density at radius 1 is 1.47 bits per heavy atom. The van der Waals surface area contributed by atoms with Gasteiger partial charge in [-0.25, -0.2) is 4.79 Å². The summed E-state index contributed by atoms with van der Waals surface area (Å²) in [7, 11) is 2.71. The molecule has 15 heavy (non-hydrogen) atoms. The highest BCUT2D eigenvalue weighted by Crippen LogP contribution is 2.28. The van der Waals surface area contributed by atoms with Gasteiger partial charge in [-0.1, -0.05) is 5.11 Å². The number of esters is 1. The first-order chi connectivity index (χ1) is 7.22. The van der Waals surface area contributed by atoms with E-state index in [4.69, 9.17) is 10.3 Å². The van der Waals surface area contributed by atoms with Gasteiger partial charge in [-0.2, -0.15) is 0 Å². The monoisotopic (exact) mass is 207 g/mol. The van der Waals surface area contributed by atoms with E-state index >= 15 is 0 Å². The lowest BCUT2D eigenvalue weighted by Crippen LogP contribution is -2.01. The number of carbonyl (C=O) groups excluding carboxylic acids is 1.